The molecule has 3 amide bonds. The zero-order valence-electron chi connectivity index (χ0n) is 18.0. The normalized spacial score (nSPS) is 13.6. The molecule has 172 valence electrons. The molecule has 34 heavy (non-hydrogen) atoms. The van der Waals surface area contributed by atoms with Crippen LogP contribution in [0.5, 0.6) is 0 Å². The molecule has 0 unspecified atom stereocenters. The lowest BCUT2D eigenvalue weighted by molar-refractivity contribution is -0.384. The summed E-state index contributed by atoms with van der Waals surface area (Å²) in [4.78, 5) is 63.1. The van der Waals surface area contributed by atoms with Gasteiger partial charge in [0, 0.05) is 30.8 Å². The predicted molar refractivity (Wildman–Crippen MR) is 121 cm³/mol. The standard InChI is InChI=1S/C24H19N3O7/c1-14(24(31)32)25(11-12-26-22(29)19-6-2-3-7-20(19)23(26)30)21(28)18-8-4-5-15-13-16(27(33)34)9-10-17(15)18/h2-10,13-14H,11-12H2,1H3,(H,31,32)/t14-/m0/s1. The first-order valence-electron chi connectivity index (χ1n) is 10.4. The maximum absolute atomic E-state index is 13.5. The number of imide groups is 1. The Morgan fingerprint density at radius 2 is 1.68 bits per heavy atom. The molecule has 0 aliphatic carbocycles. The number of rotatable bonds is 7. The van der Waals surface area contributed by atoms with Crippen molar-refractivity contribution >= 4 is 40.2 Å². The first-order valence-corrected chi connectivity index (χ1v) is 10.4. The van der Waals surface area contributed by atoms with Gasteiger partial charge in [-0.3, -0.25) is 29.4 Å². The van der Waals surface area contributed by atoms with E-state index in [-0.39, 0.29) is 35.5 Å². The second-order valence-electron chi connectivity index (χ2n) is 7.79. The summed E-state index contributed by atoms with van der Waals surface area (Å²) in [6.07, 6.45) is 0. The molecule has 1 aliphatic heterocycles. The summed E-state index contributed by atoms with van der Waals surface area (Å²) < 4.78 is 0. The van der Waals surface area contributed by atoms with Crippen LogP contribution in [-0.2, 0) is 4.79 Å². The number of fused-ring (bicyclic) bond motifs is 2. The number of nitrogens with zero attached hydrogens (tertiary/aromatic N) is 3. The van der Waals surface area contributed by atoms with E-state index in [1.807, 2.05) is 0 Å². The zero-order chi connectivity index (χ0) is 24.6. The number of carboxylic acid groups (broad SMARTS) is 1. The molecule has 0 saturated heterocycles. The number of hydrogen-bond donors (Lipinski definition) is 1. The largest absolute Gasteiger partial charge is 0.480 e. The van der Waals surface area contributed by atoms with Gasteiger partial charge < -0.3 is 10.0 Å². The molecule has 10 heteroatoms. The lowest BCUT2D eigenvalue weighted by Gasteiger charge is -2.28. The Balaban J connectivity index is 1.64. The van der Waals surface area contributed by atoms with E-state index < -0.39 is 34.7 Å². The monoisotopic (exact) mass is 461 g/mol. The van der Waals surface area contributed by atoms with Crippen LogP contribution in [0, 0.1) is 10.1 Å². The van der Waals surface area contributed by atoms with E-state index in [1.165, 1.54) is 43.3 Å². The summed E-state index contributed by atoms with van der Waals surface area (Å²) >= 11 is 0. The van der Waals surface area contributed by atoms with E-state index in [1.54, 1.807) is 24.3 Å². The molecule has 10 nitrogen and oxygen atoms in total. The highest BCUT2D eigenvalue weighted by Gasteiger charge is 2.36. The average molecular weight is 461 g/mol. The minimum Gasteiger partial charge on any atom is -0.480 e. The molecule has 1 N–H and O–H groups in total. The molecular formula is C24H19N3O7. The molecule has 0 fully saturated rings. The van der Waals surface area contributed by atoms with Gasteiger partial charge in [0.1, 0.15) is 6.04 Å². The molecule has 1 atom stereocenters. The molecule has 0 aromatic heterocycles. The summed E-state index contributed by atoms with van der Waals surface area (Å²) in [5, 5.41) is 21.5. The first kappa shape index (κ1) is 22.6. The van der Waals surface area contributed by atoms with Gasteiger partial charge in [-0.15, -0.1) is 0 Å². The van der Waals surface area contributed by atoms with Crippen molar-refractivity contribution in [1.29, 1.82) is 0 Å². The van der Waals surface area contributed by atoms with Crippen LogP contribution < -0.4 is 0 Å². The van der Waals surface area contributed by atoms with E-state index in [2.05, 4.69) is 0 Å². The molecule has 0 saturated carbocycles. The van der Waals surface area contributed by atoms with Gasteiger partial charge in [-0.05, 0) is 42.0 Å². The average Bonchev–Trinajstić information content (AvgIpc) is 3.07. The third-order valence-corrected chi connectivity index (χ3v) is 5.83. The maximum Gasteiger partial charge on any atom is 0.326 e. The number of aliphatic carboxylic acids is 1. The highest BCUT2D eigenvalue weighted by Crippen LogP contribution is 2.26. The van der Waals surface area contributed by atoms with Gasteiger partial charge in [0.2, 0.25) is 0 Å². The van der Waals surface area contributed by atoms with Crippen molar-refractivity contribution in [3.05, 3.63) is 87.5 Å². The highest BCUT2D eigenvalue weighted by molar-refractivity contribution is 6.21. The minimum absolute atomic E-state index is 0.140. The molecule has 4 rings (SSSR count). The van der Waals surface area contributed by atoms with E-state index in [4.69, 9.17) is 0 Å². The third-order valence-electron chi connectivity index (χ3n) is 5.83. The van der Waals surface area contributed by atoms with E-state index in [9.17, 15) is 34.4 Å². The molecule has 0 radical (unpaired) electrons. The van der Waals surface area contributed by atoms with E-state index >= 15 is 0 Å². The molecule has 0 bridgehead atoms. The highest BCUT2D eigenvalue weighted by atomic mass is 16.6. The minimum atomic E-state index is -1.26. The molecule has 3 aromatic rings. The Hall–Kier alpha value is -4.60. The number of carbonyl (C=O) groups is 4. The number of nitro groups is 1. The molecular weight excluding hydrogens is 442 g/mol. The van der Waals surface area contributed by atoms with Crippen LogP contribution in [0.3, 0.4) is 0 Å². The maximum atomic E-state index is 13.5. The summed E-state index contributed by atoms with van der Waals surface area (Å²) in [5.74, 6) is -2.90. The Kier molecular flexibility index (Phi) is 5.80. The first-order chi connectivity index (χ1) is 16.2. The van der Waals surface area contributed by atoms with Crippen molar-refractivity contribution in [3.8, 4) is 0 Å². The van der Waals surface area contributed by atoms with Gasteiger partial charge in [-0.2, -0.15) is 0 Å². The van der Waals surface area contributed by atoms with Crippen molar-refractivity contribution in [1.82, 2.24) is 9.80 Å². The molecule has 3 aromatic carbocycles. The van der Waals surface area contributed by atoms with Crippen molar-refractivity contribution in [2.24, 2.45) is 0 Å². The predicted octanol–water partition coefficient (Wildman–Crippen LogP) is 2.96. The zero-order valence-corrected chi connectivity index (χ0v) is 18.0. The fourth-order valence-electron chi connectivity index (χ4n) is 3.98. The smallest absolute Gasteiger partial charge is 0.326 e. The Bertz CT molecular complexity index is 1330. The number of carboxylic acids is 1. The lowest BCUT2D eigenvalue weighted by atomic mass is 10.0. The van der Waals surface area contributed by atoms with Gasteiger partial charge in [0.05, 0.1) is 16.1 Å². The second-order valence-corrected chi connectivity index (χ2v) is 7.79. The van der Waals surface area contributed by atoms with Crippen molar-refractivity contribution < 1.29 is 29.2 Å². The summed E-state index contributed by atoms with van der Waals surface area (Å²) in [6, 6.07) is 13.8. The summed E-state index contributed by atoms with van der Waals surface area (Å²) in [5.41, 5.74) is 0.529. The fourth-order valence-corrected chi connectivity index (χ4v) is 3.98. The van der Waals surface area contributed by atoms with Crippen LogP contribution in [0.15, 0.2) is 60.7 Å². The van der Waals surface area contributed by atoms with Crippen molar-refractivity contribution in [2.75, 3.05) is 13.1 Å². The molecule has 1 heterocycles. The number of non-ortho nitro benzene ring substituents is 1. The van der Waals surface area contributed by atoms with E-state index in [0.717, 1.165) is 9.80 Å². The van der Waals surface area contributed by atoms with Gasteiger partial charge in [0.15, 0.2) is 0 Å². The number of benzene rings is 3. The van der Waals surface area contributed by atoms with Crippen LogP contribution >= 0.6 is 0 Å². The van der Waals surface area contributed by atoms with Crippen LogP contribution in [0.2, 0.25) is 0 Å². The molecule has 0 spiro atoms. The quantitative estimate of drug-likeness (QED) is 0.324. The van der Waals surface area contributed by atoms with Crippen molar-refractivity contribution in [3.63, 3.8) is 0 Å². The van der Waals surface area contributed by atoms with Crippen LogP contribution in [0.4, 0.5) is 5.69 Å². The van der Waals surface area contributed by atoms with Gasteiger partial charge in [-0.25, -0.2) is 4.79 Å². The number of amides is 3. The second kappa shape index (κ2) is 8.74. The SMILES string of the molecule is C[C@@H](C(=O)O)N(CCN1C(=O)c2ccccc2C1=O)C(=O)c1cccc2cc([N+](=O)[O-])ccc12. The lowest BCUT2D eigenvalue weighted by Crippen LogP contribution is -2.47. The Morgan fingerprint density at radius 3 is 2.26 bits per heavy atom. The summed E-state index contributed by atoms with van der Waals surface area (Å²) in [6.45, 7) is 0.936. The van der Waals surface area contributed by atoms with Gasteiger partial charge in [-0.1, -0.05) is 24.3 Å². The van der Waals surface area contributed by atoms with Crippen LogP contribution in [-0.4, -0.2) is 62.7 Å². The van der Waals surface area contributed by atoms with Crippen LogP contribution in [0.1, 0.15) is 38.0 Å². The summed E-state index contributed by atoms with van der Waals surface area (Å²) in [7, 11) is 0. The van der Waals surface area contributed by atoms with Crippen molar-refractivity contribution in [2.45, 2.75) is 13.0 Å². The third kappa shape index (κ3) is 3.85. The van der Waals surface area contributed by atoms with Gasteiger partial charge in [0.25, 0.3) is 23.4 Å². The number of hydrogen-bond acceptors (Lipinski definition) is 6. The Labute approximate surface area is 193 Å². The van der Waals surface area contributed by atoms with Crippen LogP contribution in [0.25, 0.3) is 10.8 Å². The van der Waals surface area contributed by atoms with E-state index in [0.29, 0.717) is 10.8 Å². The molecule has 1 aliphatic rings. The topological polar surface area (TPSA) is 138 Å². The fraction of sp³-hybridized carbons (Fsp3) is 0.167. The van der Waals surface area contributed by atoms with Gasteiger partial charge >= 0.3 is 5.97 Å². The number of carbonyl (C=O) groups excluding carboxylic acids is 3. The number of nitro benzene ring substituents is 1. The Morgan fingerprint density at radius 1 is 1.03 bits per heavy atom.